The highest BCUT2D eigenvalue weighted by molar-refractivity contribution is 5.79. The van der Waals surface area contributed by atoms with Gasteiger partial charge in [0, 0.05) is 12.1 Å². The molecule has 0 amide bonds. The van der Waals surface area contributed by atoms with Crippen LogP contribution in [0.1, 0.15) is 5.56 Å². The Morgan fingerprint density at radius 1 is 1.57 bits per heavy atom. The first kappa shape index (κ1) is 9.97. The largest absolute Gasteiger partial charge is 0.370 e. The molecule has 0 saturated carbocycles. The fraction of sp³-hybridized carbons (Fsp3) is 0.125. The SMILES string of the molecule is Cc1ccc([N+](=O)[O-])c[14c]1N=C(N)N. The maximum Gasteiger partial charge on any atom is 0.271 e. The molecule has 0 heterocycles. The lowest BCUT2D eigenvalue weighted by Crippen LogP contribution is -2.22. The molecule has 0 aromatic heterocycles. The summed E-state index contributed by atoms with van der Waals surface area (Å²) >= 11 is 0. The topological polar surface area (TPSA) is 108 Å². The van der Waals surface area contributed by atoms with Gasteiger partial charge in [0.1, 0.15) is 0 Å². The molecule has 6 nitrogen and oxygen atoms in total. The molecular formula is C8H10N4O2. The number of non-ortho nitro benzene ring substituents is 1. The van der Waals surface area contributed by atoms with E-state index in [9.17, 15) is 10.1 Å². The minimum absolute atomic E-state index is 0.0319. The van der Waals surface area contributed by atoms with Crippen LogP contribution < -0.4 is 11.5 Å². The lowest BCUT2D eigenvalue weighted by atomic mass is 10.3. The number of rotatable bonds is 2. The van der Waals surface area contributed by atoms with Crippen LogP contribution in [0.2, 0.25) is 0 Å². The molecule has 1 aromatic carbocycles. The Balaban J connectivity index is 3.22. The van der Waals surface area contributed by atoms with E-state index in [2.05, 4.69) is 4.99 Å². The first-order chi connectivity index (χ1) is 6.50. The minimum Gasteiger partial charge on any atom is -0.370 e. The van der Waals surface area contributed by atoms with Gasteiger partial charge >= 0.3 is 0 Å². The van der Waals surface area contributed by atoms with E-state index in [4.69, 9.17) is 11.5 Å². The zero-order valence-corrected chi connectivity index (χ0v) is 7.60. The molecule has 1 aromatic rings. The molecule has 0 spiro atoms. The van der Waals surface area contributed by atoms with E-state index >= 15 is 0 Å². The van der Waals surface area contributed by atoms with Crippen molar-refractivity contribution >= 4 is 17.3 Å². The Morgan fingerprint density at radius 3 is 2.71 bits per heavy atom. The van der Waals surface area contributed by atoms with Crippen LogP contribution in [0.4, 0.5) is 11.4 Å². The summed E-state index contributed by atoms with van der Waals surface area (Å²) in [6.45, 7) is 1.77. The molecule has 0 aliphatic rings. The van der Waals surface area contributed by atoms with Gasteiger partial charge in [-0.2, -0.15) is 0 Å². The second-order valence-electron chi connectivity index (χ2n) is 2.76. The van der Waals surface area contributed by atoms with Gasteiger partial charge in [0.25, 0.3) is 5.69 Å². The van der Waals surface area contributed by atoms with E-state index in [1.807, 2.05) is 0 Å². The summed E-state index contributed by atoms with van der Waals surface area (Å²) in [5.41, 5.74) is 11.5. The standard InChI is InChI=1S/C8H10N4O2/c1-5-2-3-6(12(13)14)4-7(5)11-8(9)10/h2-4H,1H3,(H4,9,10,11)/i7+2. The van der Waals surface area contributed by atoms with Crippen molar-refractivity contribution in [2.45, 2.75) is 6.92 Å². The van der Waals surface area contributed by atoms with Crippen molar-refractivity contribution in [2.24, 2.45) is 16.5 Å². The van der Waals surface area contributed by atoms with E-state index in [0.717, 1.165) is 5.56 Å². The van der Waals surface area contributed by atoms with Gasteiger partial charge in [0.2, 0.25) is 0 Å². The van der Waals surface area contributed by atoms with Crippen LogP contribution in [-0.4, -0.2) is 10.9 Å². The third-order valence-corrected chi connectivity index (χ3v) is 1.65. The van der Waals surface area contributed by atoms with E-state index in [0.29, 0.717) is 5.69 Å². The molecule has 0 aliphatic carbocycles. The number of hydrogen-bond donors (Lipinski definition) is 2. The van der Waals surface area contributed by atoms with Crippen LogP contribution in [0.5, 0.6) is 0 Å². The van der Waals surface area contributed by atoms with Crippen molar-refractivity contribution in [3.63, 3.8) is 0 Å². The van der Waals surface area contributed by atoms with Crippen molar-refractivity contribution in [2.75, 3.05) is 0 Å². The van der Waals surface area contributed by atoms with E-state index in [1.54, 1.807) is 13.0 Å². The van der Waals surface area contributed by atoms with Crippen LogP contribution >= 0.6 is 0 Å². The molecular weight excluding hydrogens is 186 g/mol. The zero-order valence-electron chi connectivity index (χ0n) is 7.60. The molecule has 0 bridgehead atoms. The summed E-state index contributed by atoms with van der Waals surface area (Å²) in [7, 11) is 0. The summed E-state index contributed by atoms with van der Waals surface area (Å²) in [6, 6.07) is 4.33. The number of nitrogens with two attached hydrogens (primary N) is 2. The number of nitro groups is 1. The third kappa shape index (κ3) is 2.19. The Bertz CT molecular complexity index is 396. The van der Waals surface area contributed by atoms with Crippen LogP contribution in [0.25, 0.3) is 0 Å². The summed E-state index contributed by atoms with van der Waals surface area (Å²) in [5, 5.41) is 10.4. The van der Waals surface area contributed by atoms with Gasteiger partial charge in [-0.25, -0.2) is 4.99 Å². The monoisotopic (exact) mass is 196 g/mol. The Hall–Kier alpha value is -2.11. The lowest BCUT2D eigenvalue weighted by molar-refractivity contribution is -0.384. The highest BCUT2D eigenvalue weighted by atomic mass is 16.6. The van der Waals surface area contributed by atoms with E-state index in [1.165, 1.54) is 12.1 Å². The van der Waals surface area contributed by atoms with Crippen molar-refractivity contribution in [1.29, 1.82) is 0 Å². The molecule has 0 atom stereocenters. The lowest BCUT2D eigenvalue weighted by Gasteiger charge is -1.99. The normalized spacial score (nSPS) is 9.50. The van der Waals surface area contributed by atoms with Gasteiger partial charge in [-0.15, -0.1) is 0 Å². The second-order valence-corrected chi connectivity index (χ2v) is 2.76. The average molecular weight is 196 g/mol. The first-order valence-electron chi connectivity index (χ1n) is 3.85. The third-order valence-electron chi connectivity index (χ3n) is 1.65. The maximum absolute atomic E-state index is 10.4. The number of hydrogen-bond acceptors (Lipinski definition) is 3. The second kappa shape index (κ2) is 3.73. The maximum atomic E-state index is 10.4. The highest BCUT2D eigenvalue weighted by Crippen LogP contribution is 2.23. The van der Waals surface area contributed by atoms with Gasteiger partial charge in [-0.1, -0.05) is 6.07 Å². The first-order valence-corrected chi connectivity index (χ1v) is 3.85. The fourth-order valence-corrected chi connectivity index (χ4v) is 0.971. The summed E-state index contributed by atoms with van der Waals surface area (Å²) in [5.74, 6) is -0.117. The smallest absolute Gasteiger partial charge is 0.271 e. The number of nitro benzene ring substituents is 1. The van der Waals surface area contributed by atoms with Crippen molar-refractivity contribution in [3.05, 3.63) is 33.9 Å². The predicted molar refractivity (Wildman–Crippen MR) is 53.3 cm³/mol. The summed E-state index contributed by atoms with van der Waals surface area (Å²) < 4.78 is 0. The molecule has 14 heavy (non-hydrogen) atoms. The molecule has 0 saturated heterocycles. The van der Waals surface area contributed by atoms with E-state index < -0.39 is 4.92 Å². The van der Waals surface area contributed by atoms with Gasteiger partial charge in [0.05, 0.1) is 10.6 Å². The summed E-state index contributed by atoms with van der Waals surface area (Å²) in [6.07, 6.45) is 0. The van der Waals surface area contributed by atoms with Crippen LogP contribution in [0, 0.1) is 17.0 Å². The van der Waals surface area contributed by atoms with Gasteiger partial charge in [-0.05, 0) is 12.5 Å². The van der Waals surface area contributed by atoms with Crippen molar-refractivity contribution < 1.29 is 4.92 Å². The number of benzene rings is 1. The van der Waals surface area contributed by atoms with Crippen LogP contribution in [-0.2, 0) is 0 Å². The zero-order chi connectivity index (χ0) is 10.7. The highest BCUT2D eigenvalue weighted by Gasteiger charge is 2.07. The predicted octanol–water partition coefficient (Wildman–Crippen LogP) is 0.808. The molecule has 0 aliphatic heterocycles. The number of guanidine groups is 1. The number of nitrogens with zero attached hydrogens (tertiary/aromatic N) is 2. The van der Waals surface area contributed by atoms with Crippen LogP contribution in [0.3, 0.4) is 0 Å². The quantitative estimate of drug-likeness (QED) is 0.315. The van der Waals surface area contributed by atoms with Crippen molar-refractivity contribution in [3.8, 4) is 0 Å². The molecule has 4 N–H and O–H groups in total. The van der Waals surface area contributed by atoms with Gasteiger partial charge < -0.3 is 11.5 Å². The minimum atomic E-state index is -0.495. The molecule has 0 radical (unpaired) electrons. The van der Waals surface area contributed by atoms with Crippen LogP contribution in [0.15, 0.2) is 23.2 Å². The van der Waals surface area contributed by atoms with Crippen molar-refractivity contribution in [1.82, 2.24) is 0 Å². The molecule has 6 heteroatoms. The molecule has 0 fully saturated rings. The Kier molecular flexibility index (Phi) is 2.66. The Morgan fingerprint density at radius 2 is 2.21 bits per heavy atom. The number of aryl methyl sites for hydroxylation is 1. The number of aliphatic imine (C=N–C) groups is 1. The summed E-state index contributed by atoms with van der Waals surface area (Å²) in [4.78, 5) is 13.7. The fourth-order valence-electron chi connectivity index (χ4n) is 0.971. The van der Waals surface area contributed by atoms with E-state index in [-0.39, 0.29) is 11.6 Å². The molecule has 74 valence electrons. The average Bonchev–Trinajstić information content (AvgIpc) is 2.07. The molecule has 1 rings (SSSR count). The van der Waals surface area contributed by atoms with Gasteiger partial charge in [-0.3, -0.25) is 10.1 Å². The molecule has 0 unspecified atom stereocenters. The Labute approximate surface area is 80.4 Å². The van der Waals surface area contributed by atoms with Gasteiger partial charge in [0.15, 0.2) is 5.96 Å².